The first-order valence-electron chi connectivity index (χ1n) is 5.03. The van der Waals surface area contributed by atoms with Crippen molar-refractivity contribution in [3.63, 3.8) is 0 Å². The quantitative estimate of drug-likeness (QED) is 0.830. The molecule has 2 rings (SSSR count). The molecule has 1 aromatic carbocycles. The zero-order valence-corrected chi connectivity index (χ0v) is 8.97. The number of hydrogen-bond donors (Lipinski definition) is 2. The molecule has 0 amide bonds. The van der Waals surface area contributed by atoms with Gasteiger partial charge < -0.3 is 10.4 Å². The van der Waals surface area contributed by atoms with Gasteiger partial charge in [-0.05, 0) is 18.9 Å². The monoisotopic (exact) mass is 229 g/mol. The molecule has 15 heavy (non-hydrogen) atoms. The Labute approximate surface area is 93.1 Å². The van der Waals surface area contributed by atoms with Gasteiger partial charge in [0.1, 0.15) is 5.82 Å². The van der Waals surface area contributed by atoms with Gasteiger partial charge in [-0.2, -0.15) is 0 Å². The summed E-state index contributed by atoms with van der Waals surface area (Å²) >= 11 is 5.68. The highest BCUT2D eigenvalue weighted by molar-refractivity contribution is 6.30. The topological polar surface area (TPSA) is 32.3 Å². The van der Waals surface area contributed by atoms with Crippen LogP contribution in [0.5, 0.6) is 0 Å². The van der Waals surface area contributed by atoms with Crippen molar-refractivity contribution in [2.75, 3.05) is 6.61 Å². The second kappa shape index (κ2) is 4.47. The molecule has 0 heterocycles. The number of rotatable bonds is 4. The Kier molecular flexibility index (Phi) is 3.24. The first-order valence-corrected chi connectivity index (χ1v) is 5.41. The minimum Gasteiger partial charge on any atom is -0.394 e. The van der Waals surface area contributed by atoms with Crippen LogP contribution in [-0.4, -0.2) is 17.8 Å². The van der Waals surface area contributed by atoms with Gasteiger partial charge in [0.05, 0.1) is 17.7 Å². The summed E-state index contributed by atoms with van der Waals surface area (Å²) in [6, 6.07) is 4.92. The zero-order valence-electron chi connectivity index (χ0n) is 8.21. The summed E-state index contributed by atoms with van der Waals surface area (Å²) in [5.74, 6) is -0.439. The van der Waals surface area contributed by atoms with E-state index in [1.54, 1.807) is 12.1 Å². The molecule has 0 radical (unpaired) electrons. The molecule has 1 atom stereocenters. The fraction of sp³-hybridized carbons (Fsp3) is 0.455. The van der Waals surface area contributed by atoms with Crippen LogP contribution in [-0.2, 0) is 0 Å². The Morgan fingerprint density at radius 3 is 2.87 bits per heavy atom. The van der Waals surface area contributed by atoms with Crippen molar-refractivity contribution < 1.29 is 9.50 Å². The molecular formula is C11H13ClFNO. The van der Waals surface area contributed by atoms with E-state index in [-0.39, 0.29) is 17.7 Å². The smallest absolute Gasteiger partial charge is 0.146 e. The van der Waals surface area contributed by atoms with Gasteiger partial charge in [0.2, 0.25) is 0 Å². The summed E-state index contributed by atoms with van der Waals surface area (Å²) in [6.45, 7) is -0.117. The van der Waals surface area contributed by atoms with Crippen molar-refractivity contribution in [2.24, 2.45) is 0 Å². The van der Waals surface area contributed by atoms with Crippen LogP contribution in [0.2, 0.25) is 5.02 Å². The Morgan fingerprint density at radius 2 is 2.27 bits per heavy atom. The standard InChI is InChI=1S/C11H13ClFNO/c12-9-3-1-2-8(11(9)13)10(6-15)14-7-4-5-7/h1-3,7,10,14-15H,4-6H2. The summed E-state index contributed by atoms with van der Waals surface area (Å²) < 4.78 is 13.6. The van der Waals surface area contributed by atoms with Gasteiger partial charge in [-0.25, -0.2) is 4.39 Å². The molecule has 1 saturated carbocycles. The maximum atomic E-state index is 13.6. The highest BCUT2D eigenvalue weighted by atomic mass is 35.5. The molecular weight excluding hydrogens is 217 g/mol. The van der Waals surface area contributed by atoms with E-state index in [4.69, 9.17) is 11.6 Å². The van der Waals surface area contributed by atoms with Gasteiger partial charge in [0.15, 0.2) is 0 Å². The van der Waals surface area contributed by atoms with E-state index in [0.717, 1.165) is 12.8 Å². The van der Waals surface area contributed by atoms with Crippen LogP contribution in [0, 0.1) is 5.82 Å². The largest absolute Gasteiger partial charge is 0.394 e. The first-order chi connectivity index (χ1) is 7.22. The zero-order chi connectivity index (χ0) is 10.8. The van der Waals surface area contributed by atoms with Crippen molar-refractivity contribution >= 4 is 11.6 Å². The molecule has 0 aromatic heterocycles. The molecule has 2 N–H and O–H groups in total. The van der Waals surface area contributed by atoms with Crippen LogP contribution < -0.4 is 5.32 Å². The van der Waals surface area contributed by atoms with E-state index < -0.39 is 5.82 Å². The fourth-order valence-corrected chi connectivity index (χ4v) is 1.75. The summed E-state index contributed by atoms with van der Waals surface area (Å²) in [4.78, 5) is 0. The third-order valence-corrected chi connectivity index (χ3v) is 2.85. The van der Waals surface area contributed by atoms with Crippen LogP contribution in [0.1, 0.15) is 24.4 Å². The lowest BCUT2D eigenvalue weighted by Crippen LogP contribution is -2.27. The Morgan fingerprint density at radius 1 is 1.53 bits per heavy atom. The SMILES string of the molecule is OCC(NC1CC1)c1cccc(Cl)c1F. The molecule has 1 aromatic rings. The van der Waals surface area contributed by atoms with Gasteiger partial charge in [-0.3, -0.25) is 0 Å². The maximum absolute atomic E-state index is 13.6. The van der Waals surface area contributed by atoms with Gasteiger partial charge >= 0.3 is 0 Å². The van der Waals surface area contributed by atoms with Gasteiger partial charge in [0, 0.05) is 11.6 Å². The minimum atomic E-state index is -0.439. The number of aliphatic hydroxyl groups excluding tert-OH is 1. The normalized spacial score (nSPS) is 17.8. The van der Waals surface area contributed by atoms with Gasteiger partial charge in [-0.15, -0.1) is 0 Å². The molecule has 0 bridgehead atoms. The lowest BCUT2D eigenvalue weighted by atomic mass is 10.1. The lowest BCUT2D eigenvalue weighted by molar-refractivity contribution is 0.240. The molecule has 0 spiro atoms. The van der Waals surface area contributed by atoms with E-state index in [0.29, 0.717) is 11.6 Å². The molecule has 1 unspecified atom stereocenters. The maximum Gasteiger partial charge on any atom is 0.146 e. The Hall–Kier alpha value is -0.640. The molecule has 0 saturated heterocycles. The van der Waals surface area contributed by atoms with Crippen molar-refractivity contribution in [2.45, 2.75) is 24.9 Å². The third kappa shape index (κ3) is 2.48. The Bertz CT molecular complexity index is 354. The van der Waals surface area contributed by atoms with Crippen molar-refractivity contribution in [1.82, 2.24) is 5.32 Å². The molecule has 1 aliphatic rings. The van der Waals surface area contributed by atoms with E-state index in [9.17, 15) is 9.50 Å². The van der Waals surface area contributed by atoms with E-state index in [1.165, 1.54) is 6.07 Å². The Balaban J connectivity index is 2.20. The van der Waals surface area contributed by atoms with E-state index in [2.05, 4.69) is 5.32 Å². The summed E-state index contributed by atoms with van der Waals surface area (Å²) in [6.07, 6.45) is 2.19. The number of hydrogen-bond acceptors (Lipinski definition) is 2. The predicted octanol–water partition coefficient (Wildman–Crippen LogP) is 2.26. The predicted molar refractivity (Wildman–Crippen MR) is 57.4 cm³/mol. The second-order valence-electron chi connectivity index (χ2n) is 3.82. The van der Waals surface area contributed by atoms with Crippen molar-refractivity contribution in [3.8, 4) is 0 Å². The number of aliphatic hydroxyl groups is 1. The highest BCUT2D eigenvalue weighted by Gasteiger charge is 2.26. The molecule has 2 nitrogen and oxygen atoms in total. The van der Waals surface area contributed by atoms with Crippen molar-refractivity contribution in [1.29, 1.82) is 0 Å². The lowest BCUT2D eigenvalue weighted by Gasteiger charge is -2.17. The minimum absolute atomic E-state index is 0.101. The first kappa shape index (κ1) is 10.9. The summed E-state index contributed by atoms with van der Waals surface area (Å²) in [7, 11) is 0. The number of benzene rings is 1. The van der Waals surface area contributed by atoms with Gasteiger partial charge in [-0.1, -0.05) is 23.7 Å². The summed E-state index contributed by atoms with van der Waals surface area (Å²) in [5, 5.41) is 12.5. The van der Waals surface area contributed by atoms with Crippen LogP contribution >= 0.6 is 11.6 Å². The van der Waals surface area contributed by atoms with Crippen LogP contribution in [0.4, 0.5) is 4.39 Å². The van der Waals surface area contributed by atoms with Crippen LogP contribution in [0.15, 0.2) is 18.2 Å². The number of halogens is 2. The molecule has 0 aliphatic heterocycles. The van der Waals surface area contributed by atoms with Gasteiger partial charge in [0.25, 0.3) is 0 Å². The molecule has 1 aliphatic carbocycles. The van der Waals surface area contributed by atoms with Crippen LogP contribution in [0.25, 0.3) is 0 Å². The molecule has 4 heteroatoms. The van der Waals surface area contributed by atoms with E-state index in [1.807, 2.05) is 0 Å². The average molecular weight is 230 g/mol. The average Bonchev–Trinajstić information content (AvgIpc) is 3.03. The second-order valence-corrected chi connectivity index (χ2v) is 4.23. The van der Waals surface area contributed by atoms with Crippen LogP contribution in [0.3, 0.4) is 0 Å². The van der Waals surface area contributed by atoms with E-state index >= 15 is 0 Å². The third-order valence-electron chi connectivity index (χ3n) is 2.55. The molecule has 1 fully saturated rings. The highest BCUT2D eigenvalue weighted by Crippen LogP contribution is 2.27. The fourth-order valence-electron chi connectivity index (χ4n) is 1.56. The molecule has 82 valence electrons. The van der Waals surface area contributed by atoms with Crippen molar-refractivity contribution in [3.05, 3.63) is 34.6 Å². The summed E-state index contributed by atoms with van der Waals surface area (Å²) in [5.41, 5.74) is 0.442. The number of nitrogens with one attached hydrogen (secondary N) is 1.